The minimum atomic E-state index is -0.111. The molecule has 0 amide bonds. The van der Waals surface area contributed by atoms with E-state index in [1.165, 1.54) is 0 Å². The second-order valence-corrected chi connectivity index (χ2v) is 3.43. The molecule has 0 radical (unpaired) electrons. The van der Waals surface area contributed by atoms with Gasteiger partial charge >= 0.3 is 0 Å². The van der Waals surface area contributed by atoms with Gasteiger partial charge in [-0.15, -0.1) is 0 Å². The molecule has 0 atom stereocenters. The molecular weight excluding hydrogens is 188 g/mol. The molecule has 0 saturated carbocycles. The van der Waals surface area contributed by atoms with Crippen LogP contribution in [0.3, 0.4) is 0 Å². The van der Waals surface area contributed by atoms with Gasteiger partial charge in [0.25, 0.3) is 0 Å². The highest BCUT2D eigenvalue weighted by atomic mass is 35.5. The van der Waals surface area contributed by atoms with Gasteiger partial charge in [-0.2, -0.15) is 0 Å². The SMILES string of the molecule is OCC(CO)Cc1ccccc1Cl. The van der Waals surface area contributed by atoms with E-state index in [-0.39, 0.29) is 19.1 Å². The number of aliphatic hydroxyl groups is 2. The highest BCUT2D eigenvalue weighted by Crippen LogP contribution is 2.18. The topological polar surface area (TPSA) is 40.5 Å². The zero-order chi connectivity index (χ0) is 9.68. The highest BCUT2D eigenvalue weighted by molar-refractivity contribution is 6.31. The standard InChI is InChI=1S/C10H13ClO2/c11-10-4-2-1-3-9(10)5-8(6-12)7-13/h1-4,8,12-13H,5-7H2. The largest absolute Gasteiger partial charge is 0.396 e. The molecule has 0 saturated heterocycles. The van der Waals surface area contributed by atoms with E-state index < -0.39 is 0 Å². The lowest BCUT2D eigenvalue weighted by Gasteiger charge is -2.11. The van der Waals surface area contributed by atoms with E-state index in [0.717, 1.165) is 5.56 Å². The van der Waals surface area contributed by atoms with Crippen LogP contribution >= 0.6 is 11.6 Å². The van der Waals surface area contributed by atoms with E-state index in [4.69, 9.17) is 21.8 Å². The lowest BCUT2D eigenvalue weighted by atomic mass is 10.0. The summed E-state index contributed by atoms with van der Waals surface area (Å²) in [6, 6.07) is 7.47. The third-order valence-electron chi connectivity index (χ3n) is 1.98. The summed E-state index contributed by atoms with van der Waals surface area (Å²) >= 11 is 5.92. The molecule has 0 aliphatic carbocycles. The van der Waals surface area contributed by atoms with Crippen molar-refractivity contribution >= 4 is 11.6 Å². The molecule has 3 heteroatoms. The van der Waals surface area contributed by atoms with E-state index in [9.17, 15) is 0 Å². The monoisotopic (exact) mass is 200 g/mol. The molecule has 0 aromatic heterocycles. The van der Waals surface area contributed by atoms with Gasteiger partial charge in [-0.1, -0.05) is 29.8 Å². The summed E-state index contributed by atoms with van der Waals surface area (Å²) in [6.45, 7) is -0.0244. The molecule has 0 aliphatic rings. The summed E-state index contributed by atoms with van der Waals surface area (Å²) < 4.78 is 0. The van der Waals surface area contributed by atoms with Crippen molar-refractivity contribution in [3.05, 3.63) is 34.9 Å². The molecule has 1 rings (SSSR count). The molecule has 2 N–H and O–H groups in total. The van der Waals surface area contributed by atoms with Crippen LogP contribution in [-0.2, 0) is 6.42 Å². The maximum Gasteiger partial charge on any atom is 0.0484 e. The van der Waals surface area contributed by atoms with Crippen molar-refractivity contribution in [1.29, 1.82) is 0 Å². The molecule has 2 nitrogen and oxygen atoms in total. The first-order chi connectivity index (χ1) is 6.27. The van der Waals surface area contributed by atoms with Crippen molar-refractivity contribution in [3.8, 4) is 0 Å². The minimum Gasteiger partial charge on any atom is -0.396 e. The first kappa shape index (κ1) is 10.5. The molecule has 72 valence electrons. The Bertz CT molecular complexity index is 259. The molecular formula is C10H13ClO2. The van der Waals surface area contributed by atoms with Crippen molar-refractivity contribution in [2.24, 2.45) is 5.92 Å². The van der Waals surface area contributed by atoms with Crippen molar-refractivity contribution in [2.45, 2.75) is 6.42 Å². The Balaban J connectivity index is 2.67. The molecule has 0 unspecified atom stereocenters. The van der Waals surface area contributed by atoms with E-state index in [1.54, 1.807) is 0 Å². The van der Waals surface area contributed by atoms with Gasteiger partial charge in [0.2, 0.25) is 0 Å². The van der Waals surface area contributed by atoms with Crippen molar-refractivity contribution in [3.63, 3.8) is 0 Å². The predicted molar refractivity (Wildman–Crippen MR) is 52.8 cm³/mol. The maximum absolute atomic E-state index is 8.88. The molecule has 0 bridgehead atoms. The summed E-state index contributed by atoms with van der Waals surface area (Å²) in [5.41, 5.74) is 0.970. The summed E-state index contributed by atoms with van der Waals surface area (Å²) in [5, 5.41) is 18.4. The number of rotatable bonds is 4. The fourth-order valence-electron chi connectivity index (χ4n) is 1.16. The lowest BCUT2D eigenvalue weighted by molar-refractivity contribution is 0.150. The van der Waals surface area contributed by atoms with Crippen molar-refractivity contribution in [2.75, 3.05) is 13.2 Å². The fraction of sp³-hybridized carbons (Fsp3) is 0.400. The first-order valence-corrected chi connectivity index (χ1v) is 4.61. The Hall–Kier alpha value is -0.570. The molecule has 1 aromatic rings. The van der Waals surface area contributed by atoms with Gasteiger partial charge in [0.1, 0.15) is 0 Å². The quantitative estimate of drug-likeness (QED) is 0.773. The normalized spacial score (nSPS) is 10.8. The summed E-state index contributed by atoms with van der Waals surface area (Å²) in [7, 11) is 0. The van der Waals surface area contributed by atoms with Gasteiger partial charge in [-0.25, -0.2) is 0 Å². The first-order valence-electron chi connectivity index (χ1n) is 4.23. The molecule has 0 aliphatic heterocycles. The van der Waals surface area contributed by atoms with Crippen molar-refractivity contribution < 1.29 is 10.2 Å². The molecule has 0 fully saturated rings. The number of benzene rings is 1. The van der Waals surface area contributed by atoms with Gasteiger partial charge in [0, 0.05) is 24.2 Å². The van der Waals surface area contributed by atoms with Gasteiger partial charge in [-0.05, 0) is 18.1 Å². The average Bonchev–Trinajstić information content (AvgIpc) is 2.17. The lowest BCUT2D eigenvalue weighted by Crippen LogP contribution is -2.14. The Labute approximate surface area is 82.8 Å². The van der Waals surface area contributed by atoms with Crippen LogP contribution in [-0.4, -0.2) is 23.4 Å². The fourth-order valence-corrected chi connectivity index (χ4v) is 1.37. The van der Waals surface area contributed by atoms with E-state index in [2.05, 4.69) is 0 Å². The van der Waals surface area contributed by atoms with Crippen LogP contribution < -0.4 is 0 Å². The number of aliphatic hydroxyl groups excluding tert-OH is 2. The van der Waals surface area contributed by atoms with Crippen LogP contribution in [0.4, 0.5) is 0 Å². The molecule has 13 heavy (non-hydrogen) atoms. The van der Waals surface area contributed by atoms with Gasteiger partial charge in [-0.3, -0.25) is 0 Å². The highest BCUT2D eigenvalue weighted by Gasteiger charge is 2.08. The second kappa shape index (κ2) is 5.22. The minimum absolute atomic E-state index is 0.0122. The molecule has 0 spiro atoms. The van der Waals surface area contributed by atoms with Crippen LogP contribution in [0.5, 0.6) is 0 Å². The summed E-state index contributed by atoms with van der Waals surface area (Å²) in [5.74, 6) is -0.111. The molecule has 0 heterocycles. The number of hydrogen-bond donors (Lipinski definition) is 2. The van der Waals surface area contributed by atoms with E-state index in [0.29, 0.717) is 11.4 Å². The zero-order valence-corrected chi connectivity index (χ0v) is 8.04. The smallest absolute Gasteiger partial charge is 0.0484 e. The van der Waals surface area contributed by atoms with Crippen LogP contribution in [0, 0.1) is 5.92 Å². The average molecular weight is 201 g/mol. The Morgan fingerprint density at radius 1 is 1.15 bits per heavy atom. The van der Waals surface area contributed by atoms with Crippen LogP contribution in [0.1, 0.15) is 5.56 Å². The van der Waals surface area contributed by atoms with Crippen molar-refractivity contribution in [1.82, 2.24) is 0 Å². The Morgan fingerprint density at radius 2 is 1.77 bits per heavy atom. The van der Waals surface area contributed by atoms with E-state index in [1.807, 2.05) is 24.3 Å². The molecule has 1 aromatic carbocycles. The van der Waals surface area contributed by atoms with Gasteiger partial charge in [0.15, 0.2) is 0 Å². The van der Waals surface area contributed by atoms with Gasteiger partial charge in [0.05, 0.1) is 0 Å². The summed E-state index contributed by atoms with van der Waals surface area (Å²) in [4.78, 5) is 0. The third-order valence-corrected chi connectivity index (χ3v) is 2.35. The predicted octanol–water partition coefficient (Wildman–Crippen LogP) is 1.48. The third kappa shape index (κ3) is 2.99. The van der Waals surface area contributed by atoms with Crippen LogP contribution in [0.25, 0.3) is 0 Å². The zero-order valence-electron chi connectivity index (χ0n) is 7.28. The number of halogens is 1. The number of hydrogen-bond acceptors (Lipinski definition) is 2. The van der Waals surface area contributed by atoms with Crippen LogP contribution in [0.2, 0.25) is 5.02 Å². The Morgan fingerprint density at radius 3 is 2.31 bits per heavy atom. The van der Waals surface area contributed by atoms with E-state index >= 15 is 0 Å². The van der Waals surface area contributed by atoms with Crippen LogP contribution in [0.15, 0.2) is 24.3 Å². The van der Waals surface area contributed by atoms with Gasteiger partial charge < -0.3 is 10.2 Å². The summed E-state index contributed by atoms with van der Waals surface area (Å²) in [6.07, 6.45) is 0.618. The Kier molecular flexibility index (Phi) is 4.22. The second-order valence-electron chi connectivity index (χ2n) is 3.03. The maximum atomic E-state index is 8.88.